The third-order valence-corrected chi connectivity index (χ3v) is 2.26. The van der Waals surface area contributed by atoms with Crippen LogP contribution in [0.25, 0.3) is 0 Å². The molecule has 0 unspecified atom stereocenters. The lowest BCUT2D eigenvalue weighted by molar-refractivity contribution is 0.531. The second-order valence-electron chi connectivity index (χ2n) is 3.97. The predicted octanol–water partition coefficient (Wildman–Crippen LogP) is 2.16. The van der Waals surface area contributed by atoms with Gasteiger partial charge in [0.1, 0.15) is 0 Å². The quantitative estimate of drug-likeness (QED) is 0.687. The van der Waals surface area contributed by atoms with Gasteiger partial charge in [-0.2, -0.15) is 0 Å². The molecule has 0 saturated heterocycles. The van der Waals surface area contributed by atoms with E-state index in [0.717, 1.165) is 19.0 Å². The first-order valence-electron chi connectivity index (χ1n) is 5.01. The lowest BCUT2D eigenvalue weighted by atomic mass is 10.1. The maximum atomic E-state index is 3.44. The molecule has 0 bridgehead atoms. The van der Waals surface area contributed by atoms with E-state index in [1.807, 2.05) is 0 Å². The van der Waals surface area contributed by atoms with Gasteiger partial charge in [-0.15, -0.1) is 0 Å². The molecule has 0 spiro atoms. The Morgan fingerprint density at radius 1 is 1.46 bits per heavy atom. The third-order valence-electron chi connectivity index (χ3n) is 2.26. The number of nitrogens with zero attached hydrogens (tertiary/aromatic N) is 1. The second kappa shape index (κ2) is 5.07. The van der Waals surface area contributed by atoms with Crippen LogP contribution in [-0.4, -0.2) is 11.1 Å². The van der Waals surface area contributed by atoms with Crippen LogP contribution in [0.15, 0.2) is 18.3 Å². The molecule has 1 heterocycles. The van der Waals surface area contributed by atoms with Gasteiger partial charge in [-0.25, -0.2) is 0 Å². The minimum Gasteiger partial charge on any atom is -0.353 e. The maximum Gasteiger partial charge on any atom is 0.0359 e. The molecule has 0 amide bonds. The highest BCUT2D eigenvalue weighted by molar-refractivity contribution is 5.05. The first-order chi connectivity index (χ1) is 6.20. The minimum atomic E-state index is 0.793. The summed E-state index contributed by atoms with van der Waals surface area (Å²) in [5, 5.41) is 3.44. The van der Waals surface area contributed by atoms with Gasteiger partial charge in [-0.05, 0) is 31.0 Å². The normalized spacial score (nSPS) is 11.1. The number of nitrogens with one attached hydrogen (secondary N) is 1. The highest BCUT2D eigenvalue weighted by Gasteiger charge is 1.96. The minimum absolute atomic E-state index is 0.793. The molecule has 0 aliphatic rings. The zero-order valence-electron chi connectivity index (χ0n) is 8.88. The van der Waals surface area contributed by atoms with Crippen LogP contribution in [0.1, 0.15) is 26.0 Å². The second-order valence-corrected chi connectivity index (χ2v) is 3.97. The van der Waals surface area contributed by atoms with Crippen LogP contribution < -0.4 is 5.32 Å². The lowest BCUT2D eigenvalue weighted by Gasteiger charge is -2.07. The Morgan fingerprint density at radius 3 is 2.77 bits per heavy atom. The molecule has 1 rings (SSSR count). The standard InChI is InChI=1S/C11H20N2/c1-10(2)6-7-12-9-11-5-4-8-13(11)3/h4-5,8,10,12H,6-7,9H2,1-3H3. The molecule has 2 heteroatoms. The average molecular weight is 180 g/mol. The van der Waals surface area contributed by atoms with Crippen molar-refractivity contribution >= 4 is 0 Å². The monoisotopic (exact) mass is 180 g/mol. The van der Waals surface area contributed by atoms with E-state index in [1.165, 1.54) is 12.1 Å². The van der Waals surface area contributed by atoms with Crippen molar-refractivity contribution in [2.24, 2.45) is 13.0 Å². The van der Waals surface area contributed by atoms with Crippen LogP contribution in [0.4, 0.5) is 0 Å². The molecule has 0 fully saturated rings. The Morgan fingerprint density at radius 2 is 2.23 bits per heavy atom. The zero-order valence-corrected chi connectivity index (χ0v) is 8.88. The highest BCUT2D eigenvalue weighted by Crippen LogP contribution is 2.00. The first-order valence-corrected chi connectivity index (χ1v) is 5.01. The summed E-state index contributed by atoms with van der Waals surface area (Å²) in [6, 6.07) is 4.24. The van der Waals surface area contributed by atoms with E-state index < -0.39 is 0 Å². The summed E-state index contributed by atoms with van der Waals surface area (Å²) in [5.41, 5.74) is 1.35. The molecule has 74 valence electrons. The van der Waals surface area contributed by atoms with Gasteiger partial charge in [0.15, 0.2) is 0 Å². The first kappa shape index (κ1) is 10.3. The van der Waals surface area contributed by atoms with Crippen LogP contribution in [0.5, 0.6) is 0 Å². The summed E-state index contributed by atoms with van der Waals surface area (Å²) in [6.45, 7) is 6.60. The van der Waals surface area contributed by atoms with Crippen LogP contribution in [0.3, 0.4) is 0 Å². The van der Waals surface area contributed by atoms with E-state index in [1.54, 1.807) is 0 Å². The van der Waals surface area contributed by atoms with Crippen molar-refractivity contribution in [2.45, 2.75) is 26.8 Å². The van der Waals surface area contributed by atoms with Crippen molar-refractivity contribution < 1.29 is 0 Å². The van der Waals surface area contributed by atoms with Gasteiger partial charge in [0.05, 0.1) is 0 Å². The number of hydrogen-bond donors (Lipinski definition) is 1. The molecule has 13 heavy (non-hydrogen) atoms. The lowest BCUT2D eigenvalue weighted by Crippen LogP contribution is -2.17. The van der Waals surface area contributed by atoms with Crippen molar-refractivity contribution in [1.82, 2.24) is 9.88 Å². The highest BCUT2D eigenvalue weighted by atomic mass is 15.0. The largest absolute Gasteiger partial charge is 0.353 e. The van der Waals surface area contributed by atoms with Gasteiger partial charge >= 0.3 is 0 Å². The third kappa shape index (κ3) is 3.64. The molecule has 0 radical (unpaired) electrons. The summed E-state index contributed by atoms with van der Waals surface area (Å²) in [7, 11) is 2.08. The Balaban J connectivity index is 2.17. The molecule has 0 aromatic carbocycles. The van der Waals surface area contributed by atoms with Crippen LogP contribution in [-0.2, 0) is 13.6 Å². The zero-order chi connectivity index (χ0) is 9.68. The van der Waals surface area contributed by atoms with E-state index in [9.17, 15) is 0 Å². The SMILES string of the molecule is CC(C)CCNCc1cccn1C. The smallest absolute Gasteiger partial charge is 0.0359 e. The van der Waals surface area contributed by atoms with Gasteiger partial charge in [0, 0.05) is 25.5 Å². The Hall–Kier alpha value is -0.760. The molecule has 1 aromatic rings. The molecule has 0 atom stereocenters. The number of hydrogen-bond acceptors (Lipinski definition) is 1. The number of rotatable bonds is 5. The summed E-state index contributed by atoms with van der Waals surface area (Å²) in [5.74, 6) is 0.793. The van der Waals surface area contributed by atoms with Crippen molar-refractivity contribution in [3.8, 4) is 0 Å². The van der Waals surface area contributed by atoms with Crippen molar-refractivity contribution in [2.75, 3.05) is 6.54 Å². The molecular weight excluding hydrogens is 160 g/mol. The van der Waals surface area contributed by atoms with Gasteiger partial charge < -0.3 is 9.88 Å². The summed E-state index contributed by atoms with van der Waals surface area (Å²) in [4.78, 5) is 0. The van der Waals surface area contributed by atoms with E-state index in [4.69, 9.17) is 0 Å². The number of aryl methyl sites for hydroxylation is 1. The van der Waals surface area contributed by atoms with Crippen molar-refractivity contribution in [3.63, 3.8) is 0 Å². The van der Waals surface area contributed by atoms with Crippen LogP contribution >= 0.6 is 0 Å². The van der Waals surface area contributed by atoms with Crippen LogP contribution in [0, 0.1) is 5.92 Å². The van der Waals surface area contributed by atoms with Gasteiger partial charge in [-0.1, -0.05) is 13.8 Å². The molecule has 1 aromatic heterocycles. The average Bonchev–Trinajstić information content (AvgIpc) is 2.45. The predicted molar refractivity (Wildman–Crippen MR) is 56.6 cm³/mol. The fourth-order valence-corrected chi connectivity index (χ4v) is 1.29. The topological polar surface area (TPSA) is 17.0 Å². The van der Waals surface area contributed by atoms with E-state index >= 15 is 0 Å². The van der Waals surface area contributed by atoms with Crippen molar-refractivity contribution in [1.29, 1.82) is 0 Å². The molecule has 0 aliphatic heterocycles. The molecular formula is C11H20N2. The fraction of sp³-hybridized carbons (Fsp3) is 0.636. The van der Waals surface area contributed by atoms with Crippen molar-refractivity contribution in [3.05, 3.63) is 24.0 Å². The van der Waals surface area contributed by atoms with Crippen LogP contribution in [0.2, 0.25) is 0 Å². The summed E-state index contributed by atoms with van der Waals surface area (Å²) >= 11 is 0. The Labute approximate surface area is 81.0 Å². The van der Waals surface area contributed by atoms with Gasteiger partial charge in [-0.3, -0.25) is 0 Å². The molecule has 0 aliphatic carbocycles. The fourth-order valence-electron chi connectivity index (χ4n) is 1.29. The summed E-state index contributed by atoms with van der Waals surface area (Å²) < 4.78 is 2.16. The summed E-state index contributed by atoms with van der Waals surface area (Å²) in [6.07, 6.45) is 3.34. The number of aromatic nitrogens is 1. The molecule has 0 saturated carbocycles. The molecule has 2 nitrogen and oxygen atoms in total. The maximum absolute atomic E-state index is 3.44. The molecule has 1 N–H and O–H groups in total. The Kier molecular flexibility index (Phi) is 4.03. The van der Waals surface area contributed by atoms with E-state index in [0.29, 0.717) is 0 Å². The van der Waals surface area contributed by atoms with E-state index in [-0.39, 0.29) is 0 Å². The Bertz CT molecular complexity index is 238. The van der Waals surface area contributed by atoms with Gasteiger partial charge in [0.25, 0.3) is 0 Å². The van der Waals surface area contributed by atoms with Gasteiger partial charge in [0.2, 0.25) is 0 Å². The van der Waals surface area contributed by atoms with E-state index in [2.05, 4.69) is 49.1 Å².